The average Bonchev–Trinajstić information content (AvgIpc) is 3.61. The van der Waals surface area contributed by atoms with E-state index in [0.717, 1.165) is 47.3 Å². The van der Waals surface area contributed by atoms with Crippen LogP contribution in [0.25, 0.3) is 16.6 Å². The van der Waals surface area contributed by atoms with Gasteiger partial charge in [0, 0.05) is 42.3 Å². The van der Waals surface area contributed by atoms with Crippen LogP contribution in [0.3, 0.4) is 0 Å². The third-order valence-electron chi connectivity index (χ3n) is 6.94. The Morgan fingerprint density at radius 1 is 1.02 bits per heavy atom. The number of hydrogen-bond donors (Lipinski definition) is 3. The summed E-state index contributed by atoms with van der Waals surface area (Å²) >= 11 is 0. The van der Waals surface area contributed by atoms with Gasteiger partial charge in [-0.3, -0.25) is 10.00 Å². The van der Waals surface area contributed by atoms with E-state index in [2.05, 4.69) is 26.1 Å². The number of alkyl halides is 3. The Hall–Kier alpha value is -4.87. The number of nitrogens with one attached hydrogen (secondary N) is 3. The van der Waals surface area contributed by atoms with Crippen molar-refractivity contribution in [2.45, 2.75) is 31.5 Å². The summed E-state index contributed by atoms with van der Waals surface area (Å²) in [6.45, 7) is 0.00492. The van der Waals surface area contributed by atoms with E-state index in [4.69, 9.17) is 0 Å². The van der Waals surface area contributed by atoms with E-state index in [9.17, 15) is 22.4 Å². The second-order valence-corrected chi connectivity index (χ2v) is 9.96. The molecule has 1 aliphatic rings. The topological polar surface area (TPSA) is 88.8 Å². The molecule has 2 aromatic heterocycles. The van der Waals surface area contributed by atoms with Crippen molar-refractivity contribution in [2.24, 2.45) is 7.05 Å². The summed E-state index contributed by atoms with van der Waals surface area (Å²) in [5, 5.41) is 18.5. The molecule has 41 heavy (non-hydrogen) atoms. The number of anilines is 3. The minimum Gasteiger partial charge on any atom is -0.355 e. The number of carbonyl (C=O) groups excluding carboxylic acids is 1. The van der Waals surface area contributed by atoms with Crippen LogP contribution >= 0.6 is 0 Å². The molecule has 3 N–H and O–H groups in total. The number of carbonyl (C=O) groups is 1. The van der Waals surface area contributed by atoms with Gasteiger partial charge >= 0.3 is 12.2 Å². The zero-order chi connectivity index (χ0) is 28.7. The molecule has 5 aromatic rings. The Balaban J connectivity index is 1.18. The molecule has 0 radical (unpaired) electrons. The van der Waals surface area contributed by atoms with Gasteiger partial charge in [-0.15, -0.1) is 0 Å². The van der Waals surface area contributed by atoms with Crippen LogP contribution in [0.15, 0.2) is 72.9 Å². The standard InChI is InChI=1S/C29H25F4N7O/c1-39-26-11-7-22(13-19(26)16-35-39)36-24-10-6-21(30)12-18(24)15-34-28(41)37-27-14-25(17-2-3-17)38-40(27)23-8-4-20(5-9-23)29(31,32)33/h4-14,16-17,36H,2-3,15H2,1H3,(H2,34,37,41). The Morgan fingerprint density at radius 2 is 1.80 bits per heavy atom. The van der Waals surface area contributed by atoms with Crippen LogP contribution in [0.1, 0.15) is 35.6 Å². The molecule has 210 valence electrons. The number of hydrogen-bond acceptors (Lipinski definition) is 4. The maximum atomic E-state index is 14.1. The van der Waals surface area contributed by atoms with Crippen molar-refractivity contribution in [3.63, 3.8) is 0 Å². The number of benzene rings is 3. The highest BCUT2D eigenvalue weighted by Gasteiger charge is 2.31. The first-order valence-electron chi connectivity index (χ1n) is 12.9. The van der Waals surface area contributed by atoms with E-state index in [-0.39, 0.29) is 12.5 Å². The number of urea groups is 1. The molecule has 1 fully saturated rings. The zero-order valence-electron chi connectivity index (χ0n) is 21.8. The van der Waals surface area contributed by atoms with Crippen molar-refractivity contribution >= 4 is 34.1 Å². The second-order valence-electron chi connectivity index (χ2n) is 9.96. The molecule has 2 heterocycles. The molecule has 2 amide bonds. The van der Waals surface area contributed by atoms with E-state index >= 15 is 0 Å². The highest BCUT2D eigenvalue weighted by molar-refractivity contribution is 5.89. The third kappa shape index (κ3) is 5.72. The summed E-state index contributed by atoms with van der Waals surface area (Å²) in [5.41, 5.74) is 3.22. The maximum Gasteiger partial charge on any atom is 0.416 e. The lowest BCUT2D eigenvalue weighted by Crippen LogP contribution is -2.29. The number of aryl methyl sites for hydroxylation is 1. The molecule has 0 unspecified atom stereocenters. The first-order valence-corrected chi connectivity index (χ1v) is 12.9. The molecule has 0 atom stereocenters. The fraction of sp³-hybridized carbons (Fsp3) is 0.207. The Bertz CT molecular complexity index is 1740. The van der Waals surface area contributed by atoms with Crippen LogP contribution in [0.5, 0.6) is 0 Å². The molecular formula is C29H25F4N7O. The van der Waals surface area contributed by atoms with E-state index in [0.29, 0.717) is 22.8 Å². The van der Waals surface area contributed by atoms with Gasteiger partial charge in [-0.2, -0.15) is 23.4 Å². The normalized spacial score (nSPS) is 13.4. The molecule has 1 saturated carbocycles. The molecule has 0 aliphatic heterocycles. The van der Waals surface area contributed by atoms with Crippen LogP contribution < -0.4 is 16.0 Å². The maximum absolute atomic E-state index is 14.1. The molecular weight excluding hydrogens is 538 g/mol. The Labute approximate surface area is 232 Å². The lowest BCUT2D eigenvalue weighted by Gasteiger charge is -2.14. The second kappa shape index (κ2) is 10.3. The van der Waals surface area contributed by atoms with Gasteiger partial charge in [-0.1, -0.05) is 0 Å². The molecule has 1 aliphatic carbocycles. The predicted octanol–water partition coefficient (Wildman–Crippen LogP) is 6.86. The van der Waals surface area contributed by atoms with Gasteiger partial charge in [0.1, 0.15) is 11.6 Å². The number of amides is 2. The monoisotopic (exact) mass is 563 g/mol. The summed E-state index contributed by atoms with van der Waals surface area (Å²) in [6.07, 6.45) is -0.793. The van der Waals surface area contributed by atoms with Crippen molar-refractivity contribution in [3.8, 4) is 5.69 Å². The molecule has 12 heteroatoms. The highest BCUT2D eigenvalue weighted by atomic mass is 19.4. The molecule has 8 nitrogen and oxygen atoms in total. The Kier molecular flexibility index (Phi) is 6.60. The van der Waals surface area contributed by atoms with Gasteiger partial charge in [0.2, 0.25) is 0 Å². The zero-order valence-corrected chi connectivity index (χ0v) is 21.8. The Morgan fingerprint density at radius 3 is 2.54 bits per heavy atom. The van der Waals surface area contributed by atoms with Gasteiger partial charge < -0.3 is 10.6 Å². The van der Waals surface area contributed by atoms with E-state index in [1.807, 2.05) is 25.2 Å². The lowest BCUT2D eigenvalue weighted by molar-refractivity contribution is -0.137. The number of halogens is 4. The SMILES string of the molecule is Cn1ncc2cc(Nc3ccc(F)cc3CNC(=O)Nc3cc(C4CC4)nn3-c3ccc(C(F)(F)F)cc3)ccc21. The lowest BCUT2D eigenvalue weighted by atomic mass is 10.1. The van der Waals surface area contributed by atoms with Crippen molar-refractivity contribution in [2.75, 3.05) is 10.6 Å². The van der Waals surface area contributed by atoms with Gasteiger partial charge in [-0.25, -0.2) is 13.9 Å². The van der Waals surface area contributed by atoms with Crippen molar-refractivity contribution in [1.29, 1.82) is 0 Å². The molecule has 0 bridgehead atoms. The van der Waals surface area contributed by atoms with Crippen LogP contribution in [0.2, 0.25) is 0 Å². The fourth-order valence-corrected chi connectivity index (χ4v) is 4.62. The molecule has 0 spiro atoms. The van der Waals surface area contributed by atoms with Gasteiger partial charge in [0.15, 0.2) is 0 Å². The predicted molar refractivity (Wildman–Crippen MR) is 147 cm³/mol. The van der Waals surface area contributed by atoms with Crippen LogP contribution in [0, 0.1) is 5.82 Å². The summed E-state index contributed by atoms with van der Waals surface area (Å²) in [7, 11) is 1.85. The van der Waals surface area contributed by atoms with E-state index in [1.54, 1.807) is 23.0 Å². The largest absolute Gasteiger partial charge is 0.416 e. The van der Waals surface area contributed by atoms with Crippen LogP contribution in [-0.4, -0.2) is 25.6 Å². The minimum atomic E-state index is -4.46. The summed E-state index contributed by atoms with van der Waals surface area (Å²) in [5.74, 6) is 0.109. The van der Waals surface area contributed by atoms with Crippen LogP contribution in [-0.2, 0) is 19.8 Å². The van der Waals surface area contributed by atoms with E-state index < -0.39 is 23.6 Å². The third-order valence-corrected chi connectivity index (χ3v) is 6.94. The summed E-state index contributed by atoms with van der Waals surface area (Å²) in [4.78, 5) is 12.9. The van der Waals surface area contributed by atoms with Crippen molar-refractivity contribution in [3.05, 3.63) is 95.6 Å². The van der Waals surface area contributed by atoms with Gasteiger partial charge in [0.25, 0.3) is 0 Å². The molecule has 6 rings (SSSR count). The van der Waals surface area contributed by atoms with Crippen LogP contribution in [0.4, 0.5) is 39.5 Å². The number of fused-ring (bicyclic) bond motifs is 1. The van der Waals surface area contributed by atoms with Crippen molar-refractivity contribution < 1.29 is 22.4 Å². The quantitative estimate of drug-likeness (QED) is 0.189. The number of rotatable bonds is 7. The average molecular weight is 564 g/mol. The highest BCUT2D eigenvalue weighted by Crippen LogP contribution is 2.40. The number of nitrogens with zero attached hydrogens (tertiary/aromatic N) is 4. The van der Waals surface area contributed by atoms with Crippen molar-refractivity contribution in [1.82, 2.24) is 24.9 Å². The number of aromatic nitrogens is 4. The smallest absolute Gasteiger partial charge is 0.355 e. The summed E-state index contributed by atoms with van der Waals surface area (Å²) in [6, 6.07) is 15.7. The first kappa shape index (κ1) is 26.4. The first-order chi connectivity index (χ1) is 19.6. The van der Waals surface area contributed by atoms with Gasteiger partial charge in [-0.05, 0) is 79.1 Å². The minimum absolute atomic E-state index is 0.00492. The molecule has 3 aromatic carbocycles. The van der Waals surface area contributed by atoms with E-state index in [1.165, 1.54) is 28.9 Å². The summed E-state index contributed by atoms with van der Waals surface area (Å²) < 4.78 is 56.4. The van der Waals surface area contributed by atoms with Gasteiger partial charge in [0.05, 0.1) is 28.7 Å². The fourth-order valence-electron chi connectivity index (χ4n) is 4.62. The molecule has 0 saturated heterocycles.